The monoisotopic (exact) mass is 410 g/mol. The maximum absolute atomic E-state index is 12.7. The van der Waals surface area contributed by atoms with Crippen molar-refractivity contribution < 1.29 is 27.5 Å². The van der Waals surface area contributed by atoms with Crippen molar-refractivity contribution in [3.05, 3.63) is 72.5 Å². The number of nitrogens with one attached hydrogen (secondary N) is 1. The lowest BCUT2D eigenvalue weighted by Crippen LogP contribution is -2.28. The van der Waals surface area contributed by atoms with Gasteiger partial charge < -0.3 is 19.1 Å². The summed E-state index contributed by atoms with van der Waals surface area (Å²) >= 11 is 0. The molecule has 29 heavy (non-hydrogen) atoms. The first-order valence-corrected chi connectivity index (χ1v) is 10.2. The van der Waals surface area contributed by atoms with Crippen molar-refractivity contribution in [2.45, 2.75) is 11.4 Å². The van der Waals surface area contributed by atoms with Gasteiger partial charge in [-0.3, -0.25) is 0 Å². The van der Waals surface area contributed by atoms with Crippen LogP contribution in [0.15, 0.2) is 76.2 Å². The molecule has 0 aliphatic rings. The van der Waals surface area contributed by atoms with E-state index >= 15 is 0 Å². The normalized spacial score (nSPS) is 11.7. The van der Waals surface area contributed by atoms with Gasteiger partial charge in [-0.25, -0.2) is 13.1 Å². The Morgan fingerprint density at radius 2 is 1.83 bits per heavy atom. The average molecular weight is 410 g/mol. The SMILES string of the molecule is O=C([O-])COc1cccc2c(CNS(=O)(=O)c3ccc4ccccc4c3)coc12. The highest BCUT2D eigenvalue weighted by Gasteiger charge is 2.17. The quantitative estimate of drug-likeness (QED) is 0.500. The number of furan rings is 1. The number of carboxylic acids is 1. The number of ether oxygens (including phenoxy) is 1. The second-order valence-electron chi connectivity index (χ2n) is 6.39. The zero-order chi connectivity index (χ0) is 20.4. The van der Waals surface area contributed by atoms with E-state index in [9.17, 15) is 18.3 Å². The zero-order valence-corrected chi connectivity index (χ0v) is 15.9. The number of benzene rings is 3. The number of hydrogen-bond acceptors (Lipinski definition) is 6. The Kier molecular flexibility index (Phi) is 4.96. The molecule has 1 aromatic heterocycles. The van der Waals surface area contributed by atoms with Crippen LogP contribution in [0, 0.1) is 0 Å². The van der Waals surface area contributed by atoms with E-state index in [1.54, 1.807) is 36.4 Å². The molecule has 4 aromatic rings. The van der Waals surface area contributed by atoms with Crippen LogP contribution >= 0.6 is 0 Å². The Morgan fingerprint density at radius 1 is 1.03 bits per heavy atom. The minimum Gasteiger partial charge on any atom is -0.546 e. The lowest BCUT2D eigenvalue weighted by molar-refractivity contribution is -0.307. The summed E-state index contributed by atoms with van der Waals surface area (Å²) in [6, 6.07) is 17.4. The lowest BCUT2D eigenvalue weighted by Gasteiger charge is -2.08. The van der Waals surface area contributed by atoms with Crippen molar-refractivity contribution in [2.75, 3.05) is 6.61 Å². The maximum atomic E-state index is 12.7. The van der Waals surface area contributed by atoms with Gasteiger partial charge in [-0.15, -0.1) is 0 Å². The van der Waals surface area contributed by atoms with Crippen LogP contribution in [0.4, 0.5) is 0 Å². The molecule has 0 saturated heterocycles. The van der Waals surface area contributed by atoms with Gasteiger partial charge in [0.25, 0.3) is 0 Å². The summed E-state index contributed by atoms with van der Waals surface area (Å²) in [5.41, 5.74) is 0.942. The average Bonchev–Trinajstić information content (AvgIpc) is 3.14. The molecule has 0 aliphatic heterocycles. The smallest absolute Gasteiger partial charge is 0.240 e. The number of rotatable bonds is 7. The minimum absolute atomic E-state index is 0.00605. The Hall–Kier alpha value is -3.36. The first-order chi connectivity index (χ1) is 13.9. The van der Waals surface area contributed by atoms with E-state index in [4.69, 9.17) is 9.15 Å². The fourth-order valence-electron chi connectivity index (χ4n) is 3.06. The highest BCUT2D eigenvalue weighted by molar-refractivity contribution is 7.89. The molecule has 0 bridgehead atoms. The van der Waals surface area contributed by atoms with Gasteiger partial charge in [0, 0.05) is 17.5 Å². The summed E-state index contributed by atoms with van der Waals surface area (Å²) in [6.45, 7) is -0.601. The molecule has 0 amide bonds. The fourth-order valence-corrected chi connectivity index (χ4v) is 4.10. The van der Waals surface area contributed by atoms with Crippen LogP contribution in [0.5, 0.6) is 5.75 Å². The molecular formula is C21H16NO6S-. The third-order valence-electron chi connectivity index (χ3n) is 4.47. The molecule has 0 saturated carbocycles. The van der Waals surface area contributed by atoms with E-state index < -0.39 is 22.6 Å². The Balaban J connectivity index is 1.56. The van der Waals surface area contributed by atoms with Gasteiger partial charge in [0.1, 0.15) is 6.61 Å². The summed E-state index contributed by atoms with van der Waals surface area (Å²) in [7, 11) is -3.74. The van der Waals surface area contributed by atoms with Gasteiger partial charge >= 0.3 is 0 Å². The molecule has 0 fully saturated rings. The zero-order valence-electron chi connectivity index (χ0n) is 15.1. The number of carbonyl (C=O) groups is 1. The predicted octanol–water partition coefficient (Wildman–Crippen LogP) is 2.19. The fraction of sp³-hybridized carbons (Fsp3) is 0.0952. The summed E-state index contributed by atoms with van der Waals surface area (Å²) in [6.07, 6.45) is 1.42. The number of hydrogen-bond donors (Lipinski definition) is 1. The van der Waals surface area contributed by atoms with Gasteiger partial charge in [0.15, 0.2) is 11.3 Å². The van der Waals surface area contributed by atoms with Crippen LogP contribution in [0.3, 0.4) is 0 Å². The van der Waals surface area contributed by atoms with Crippen LogP contribution in [0.1, 0.15) is 5.56 Å². The van der Waals surface area contributed by atoms with Crippen molar-refractivity contribution in [3.8, 4) is 5.75 Å². The molecule has 3 aromatic carbocycles. The van der Waals surface area contributed by atoms with Crippen molar-refractivity contribution in [1.29, 1.82) is 0 Å². The van der Waals surface area contributed by atoms with Gasteiger partial charge in [-0.2, -0.15) is 0 Å². The third kappa shape index (κ3) is 3.94. The van der Waals surface area contributed by atoms with Crippen molar-refractivity contribution in [1.82, 2.24) is 4.72 Å². The minimum atomic E-state index is -3.74. The number of aliphatic carboxylic acids is 1. The predicted molar refractivity (Wildman–Crippen MR) is 105 cm³/mol. The van der Waals surface area contributed by atoms with Gasteiger partial charge in [0.05, 0.1) is 17.1 Å². The Bertz CT molecular complexity index is 1310. The number of carboxylic acid groups (broad SMARTS) is 1. The molecule has 7 nitrogen and oxygen atoms in total. The van der Waals surface area contributed by atoms with Crippen LogP contribution in [0.25, 0.3) is 21.7 Å². The molecule has 0 atom stereocenters. The van der Waals surface area contributed by atoms with E-state index in [0.717, 1.165) is 10.8 Å². The van der Waals surface area contributed by atoms with Crippen LogP contribution < -0.4 is 14.6 Å². The number of fused-ring (bicyclic) bond motifs is 2. The van der Waals surface area contributed by atoms with Crippen molar-refractivity contribution in [3.63, 3.8) is 0 Å². The topological polar surface area (TPSA) is 109 Å². The largest absolute Gasteiger partial charge is 0.546 e. The number of carbonyl (C=O) groups excluding carboxylic acids is 1. The first-order valence-electron chi connectivity index (χ1n) is 8.74. The Morgan fingerprint density at radius 3 is 2.62 bits per heavy atom. The standard InChI is InChI=1S/C21H17NO6S/c23-20(24)13-27-19-7-3-6-18-16(12-28-21(18)19)11-22-29(25,26)17-9-8-14-4-1-2-5-15(14)10-17/h1-10,12,22H,11,13H2,(H,23,24)/p-1. The highest BCUT2D eigenvalue weighted by atomic mass is 32.2. The molecule has 0 aliphatic carbocycles. The summed E-state index contributed by atoms with van der Waals surface area (Å²) in [4.78, 5) is 10.8. The van der Waals surface area contributed by atoms with Crippen LogP contribution in [-0.4, -0.2) is 21.0 Å². The first kappa shape index (κ1) is 19.0. The molecule has 148 valence electrons. The van der Waals surface area contributed by atoms with Gasteiger partial charge in [0.2, 0.25) is 10.0 Å². The molecular weight excluding hydrogens is 394 g/mol. The van der Waals surface area contributed by atoms with Gasteiger partial charge in [-0.1, -0.05) is 42.5 Å². The van der Waals surface area contributed by atoms with Crippen LogP contribution in [0.2, 0.25) is 0 Å². The molecule has 0 unspecified atom stereocenters. The van der Waals surface area contributed by atoms with Crippen molar-refractivity contribution in [2.24, 2.45) is 0 Å². The summed E-state index contributed by atoms with van der Waals surface area (Å²) < 4.78 is 38.6. The molecule has 0 radical (unpaired) electrons. The third-order valence-corrected chi connectivity index (χ3v) is 5.87. The lowest BCUT2D eigenvalue weighted by atomic mass is 10.1. The summed E-state index contributed by atoms with van der Waals surface area (Å²) in [5, 5.41) is 13.0. The molecule has 1 N–H and O–H groups in total. The van der Waals surface area contributed by atoms with Crippen molar-refractivity contribution >= 4 is 37.7 Å². The molecule has 8 heteroatoms. The molecule has 1 heterocycles. The Labute approximate surface area is 166 Å². The summed E-state index contributed by atoms with van der Waals surface area (Å²) in [5.74, 6) is -1.10. The van der Waals surface area contributed by atoms with E-state index in [2.05, 4.69) is 4.72 Å². The van der Waals surface area contributed by atoms with E-state index in [0.29, 0.717) is 16.5 Å². The molecule has 0 spiro atoms. The van der Waals surface area contributed by atoms with Gasteiger partial charge in [-0.05, 0) is 29.0 Å². The number of sulfonamides is 1. The van der Waals surface area contributed by atoms with E-state index in [-0.39, 0.29) is 17.2 Å². The molecule has 4 rings (SSSR count). The maximum Gasteiger partial charge on any atom is 0.240 e. The second kappa shape index (κ2) is 7.57. The second-order valence-corrected chi connectivity index (χ2v) is 8.15. The van der Waals surface area contributed by atoms with E-state index in [1.165, 1.54) is 6.26 Å². The van der Waals surface area contributed by atoms with Crippen LogP contribution in [-0.2, 0) is 21.4 Å². The van der Waals surface area contributed by atoms with E-state index in [1.807, 2.05) is 24.3 Å². The highest BCUT2D eigenvalue weighted by Crippen LogP contribution is 2.30. The number of para-hydroxylation sites is 1.